The summed E-state index contributed by atoms with van der Waals surface area (Å²) in [5, 5.41) is 9.73. The molecule has 2 aromatic heterocycles. The average Bonchev–Trinajstić information content (AvgIpc) is 3.09. The number of nitrogens with zero attached hydrogens (tertiary/aromatic N) is 3. The van der Waals surface area contributed by atoms with Crippen LogP contribution in [-0.4, -0.2) is 48.5 Å². The van der Waals surface area contributed by atoms with Gasteiger partial charge in [0.1, 0.15) is 17.9 Å². The molecule has 0 saturated carbocycles. The fraction of sp³-hybridized carbons (Fsp3) is 0.500. The Morgan fingerprint density at radius 1 is 1.38 bits per heavy atom. The minimum Gasteiger partial charge on any atom is -0.447 e. The SMILES string of the molecule is CN(C)S(=O)(=O)c1ccc(CNCCCc2ncn[nH]2)o1. The summed E-state index contributed by atoms with van der Waals surface area (Å²) in [5.74, 6) is 1.45. The molecule has 0 amide bonds. The van der Waals surface area contributed by atoms with Crippen molar-refractivity contribution in [3.05, 3.63) is 30.0 Å². The molecule has 0 spiro atoms. The predicted molar refractivity (Wildman–Crippen MR) is 76.0 cm³/mol. The zero-order valence-electron chi connectivity index (χ0n) is 12.0. The molecular weight excluding hydrogens is 294 g/mol. The van der Waals surface area contributed by atoms with Crippen molar-refractivity contribution < 1.29 is 12.8 Å². The van der Waals surface area contributed by atoms with E-state index in [1.165, 1.54) is 26.5 Å². The third-order valence-electron chi connectivity index (χ3n) is 2.90. The van der Waals surface area contributed by atoms with Crippen molar-refractivity contribution in [1.29, 1.82) is 0 Å². The van der Waals surface area contributed by atoms with Crippen molar-refractivity contribution in [3.63, 3.8) is 0 Å². The molecular formula is C12H19N5O3S. The first-order chi connectivity index (χ1) is 10.00. The standard InChI is InChI=1S/C12H19N5O3S/c1-17(2)21(18,19)12-6-5-10(20-12)8-13-7-3-4-11-14-9-15-16-11/h5-6,9,13H,3-4,7-8H2,1-2H3,(H,14,15,16). The fourth-order valence-corrected chi connectivity index (χ4v) is 2.53. The van der Waals surface area contributed by atoms with Crippen LogP contribution in [0.15, 0.2) is 28.0 Å². The summed E-state index contributed by atoms with van der Waals surface area (Å²) >= 11 is 0. The number of aromatic nitrogens is 3. The number of furan rings is 1. The number of hydrogen-bond acceptors (Lipinski definition) is 6. The van der Waals surface area contributed by atoms with E-state index >= 15 is 0 Å². The van der Waals surface area contributed by atoms with Gasteiger partial charge in [-0.2, -0.15) is 5.10 Å². The van der Waals surface area contributed by atoms with Crippen LogP contribution in [-0.2, 0) is 23.0 Å². The topological polar surface area (TPSA) is 104 Å². The highest BCUT2D eigenvalue weighted by Gasteiger charge is 2.21. The van der Waals surface area contributed by atoms with Gasteiger partial charge in [0.05, 0.1) is 6.54 Å². The lowest BCUT2D eigenvalue weighted by molar-refractivity contribution is 0.389. The van der Waals surface area contributed by atoms with E-state index in [1.54, 1.807) is 6.07 Å². The zero-order chi connectivity index (χ0) is 15.3. The molecule has 2 N–H and O–H groups in total. The maximum Gasteiger partial charge on any atom is 0.275 e. The number of hydrogen-bond donors (Lipinski definition) is 2. The van der Waals surface area contributed by atoms with Gasteiger partial charge >= 0.3 is 0 Å². The van der Waals surface area contributed by atoms with Gasteiger partial charge in [-0.25, -0.2) is 17.7 Å². The van der Waals surface area contributed by atoms with Gasteiger partial charge in [-0.3, -0.25) is 5.10 Å². The molecule has 2 aromatic rings. The van der Waals surface area contributed by atoms with Crippen LogP contribution >= 0.6 is 0 Å². The Bertz CT molecular complexity index is 648. The lowest BCUT2D eigenvalue weighted by Crippen LogP contribution is -2.21. The van der Waals surface area contributed by atoms with Crippen LogP contribution < -0.4 is 5.32 Å². The monoisotopic (exact) mass is 313 g/mol. The number of sulfonamides is 1. The van der Waals surface area contributed by atoms with Crippen molar-refractivity contribution in [2.75, 3.05) is 20.6 Å². The van der Waals surface area contributed by atoms with Crippen LogP contribution in [0.25, 0.3) is 0 Å². The van der Waals surface area contributed by atoms with Crippen molar-refractivity contribution >= 4 is 10.0 Å². The van der Waals surface area contributed by atoms with Gasteiger partial charge in [0.15, 0.2) is 0 Å². The van der Waals surface area contributed by atoms with Crippen LogP contribution in [0.2, 0.25) is 0 Å². The Balaban J connectivity index is 1.76. The largest absolute Gasteiger partial charge is 0.447 e. The van der Waals surface area contributed by atoms with E-state index in [0.717, 1.165) is 29.5 Å². The van der Waals surface area contributed by atoms with Crippen LogP contribution in [0.3, 0.4) is 0 Å². The van der Waals surface area contributed by atoms with Gasteiger partial charge < -0.3 is 9.73 Å². The smallest absolute Gasteiger partial charge is 0.275 e. The Labute approximate surface area is 123 Å². The van der Waals surface area contributed by atoms with E-state index in [0.29, 0.717) is 12.3 Å². The van der Waals surface area contributed by atoms with E-state index in [2.05, 4.69) is 20.5 Å². The Hall–Kier alpha value is -1.71. The van der Waals surface area contributed by atoms with Gasteiger partial charge in [0.25, 0.3) is 10.0 Å². The predicted octanol–water partition coefficient (Wildman–Crippen LogP) is 0.370. The van der Waals surface area contributed by atoms with E-state index < -0.39 is 10.0 Å². The number of H-pyrrole nitrogens is 1. The maximum atomic E-state index is 11.8. The van der Waals surface area contributed by atoms with E-state index in [1.807, 2.05) is 0 Å². The molecule has 0 aromatic carbocycles. The highest BCUT2D eigenvalue weighted by atomic mass is 32.2. The first-order valence-corrected chi connectivity index (χ1v) is 8.00. The van der Waals surface area contributed by atoms with E-state index in [-0.39, 0.29) is 5.09 Å². The number of aromatic amines is 1. The second-order valence-electron chi connectivity index (χ2n) is 4.72. The van der Waals surface area contributed by atoms with Crippen molar-refractivity contribution in [2.45, 2.75) is 24.5 Å². The molecule has 0 bridgehead atoms. The lowest BCUT2D eigenvalue weighted by Gasteiger charge is -2.07. The molecule has 116 valence electrons. The van der Waals surface area contributed by atoms with Gasteiger partial charge in [-0.05, 0) is 25.1 Å². The molecule has 9 heteroatoms. The van der Waals surface area contributed by atoms with Crippen molar-refractivity contribution in [3.8, 4) is 0 Å². The molecule has 0 fully saturated rings. The Morgan fingerprint density at radius 2 is 2.19 bits per heavy atom. The summed E-state index contributed by atoms with van der Waals surface area (Å²) in [5.41, 5.74) is 0. The average molecular weight is 313 g/mol. The third-order valence-corrected chi connectivity index (χ3v) is 4.59. The molecule has 2 rings (SSSR count). The first kappa shape index (κ1) is 15.7. The quantitative estimate of drug-likeness (QED) is 0.682. The minimum absolute atomic E-state index is 0.0361. The third kappa shape index (κ3) is 4.13. The summed E-state index contributed by atoms with van der Waals surface area (Å²) in [6.07, 6.45) is 3.20. The molecule has 0 saturated heterocycles. The molecule has 2 heterocycles. The van der Waals surface area contributed by atoms with Gasteiger partial charge in [0, 0.05) is 20.5 Å². The number of nitrogens with one attached hydrogen (secondary N) is 2. The summed E-state index contributed by atoms with van der Waals surface area (Å²) in [6.45, 7) is 1.26. The molecule has 0 aliphatic carbocycles. The second kappa shape index (κ2) is 6.83. The van der Waals surface area contributed by atoms with Crippen molar-refractivity contribution in [1.82, 2.24) is 24.8 Å². The Kier molecular flexibility index (Phi) is 5.10. The van der Waals surface area contributed by atoms with Gasteiger partial charge in [-0.15, -0.1) is 0 Å². The highest BCUT2D eigenvalue weighted by molar-refractivity contribution is 7.88. The van der Waals surface area contributed by atoms with Crippen LogP contribution in [0.5, 0.6) is 0 Å². The molecule has 0 unspecified atom stereocenters. The van der Waals surface area contributed by atoms with E-state index in [4.69, 9.17) is 4.42 Å². The molecule has 0 aliphatic heterocycles. The molecule has 0 aliphatic rings. The van der Waals surface area contributed by atoms with E-state index in [9.17, 15) is 8.42 Å². The lowest BCUT2D eigenvalue weighted by atomic mass is 10.3. The Morgan fingerprint density at radius 3 is 2.86 bits per heavy atom. The highest BCUT2D eigenvalue weighted by Crippen LogP contribution is 2.16. The number of rotatable bonds is 8. The van der Waals surface area contributed by atoms with Crippen LogP contribution in [0, 0.1) is 0 Å². The van der Waals surface area contributed by atoms with Crippen molar-refractivity contribution in [2.24, 2.45) is 0 Å². The number of aryl methyl sites for hydroxylation is 1. The maximum absolute atomic E-state index is 11.8. The normalized spacial score (nSPS) is 12.1. The molecule has 21 heavy (non-hydrogen) atoms. The van der Waals surface area contributed by atoms with Gasteiger partial charge in [0.2, 0.25) is 5.09 Å². The molecule has 8 nitrogen and oxygen atoms in total. The summed E-state index contributed by atoms with van der Waals surface area (Å²) in [6, 6.07) is 3.14. The summed E-state index contributed by atoms with van der Waals surface area (Å²) in [7, 11) is -0.558. The van der Waals surface area contributed by atoms with Gasteiger partial charge in [-0.1, -0.05) is 0 Å². The minimum atomic E-state index is -3.50. The summed E-state index contributed by atoms with van der Waals surface area (Å²) in [4.78, 5) is 4.03. The summed E-state index contributed by atoms with van der Waals surface area (Å²) < 4.78 is 30.2. The first-order valence-electron chi connectivity index (χ1n) is 6.56. The second-order valence-corrected chi connectivity index (χ2v) is 6.80. The molecule has 0 radical (unpaired) electrons. The zero-order valence-corrected chi connectivity index (χ0v) is 12.9. The molecule has 0 atom stereocenters. The van der Waals surface area contributed by atoms with Crippen LogP contribution in [0.4, 0.5) is 0 Å². The fourth-order valence-electron chi connectivity index (χ4n) is 1.72. The van der Waals surface area contributed by atoms with Crippen LogP contribution in [0.1, 0.15) is 18.0 Å².